The molecule has 0 spiro atoms. The number of pyridine rings is 1. The molecule has 9 rings (SSSR count). The Labute approximate surface area is 266 Å². The maximum Gasteiger partial charge on any atom is 0.226 e. The van der Waals surface area contributed by atoms with Gasteiger partial charge in [-0.15, -0.1) is 0 Å². The zero-order valence-electron chi connectivity index (χ0n) is 24.7. The number of nitrogens with one attached hydrogen (secondary N) is 1. The highest BCUT2D eigenvalue weighted by molar-refractivity contribution is 6.43. The fraction of sp³-hybridized carbons (Fsp3) is 0.457. The second kappa shape index (κ2) is 10.7. The van der Waals surface area contributed by atoms with Gasteiger partial charge in [0.25, 0.3) is 0 Å². The largest absolute Gasteiger partial charge is 0.337 e. The molecule has 5 fully saturated rings. The summed E-state index contributed by atoms with van der Waals surface area (Å²) < 4.78 is 19.4. The number of halogens is 3. The smallest absolute Gasteiger partial charge is 0.226 e. The molecule has 44 heavy (non-hydrogen) atoms. The standard InChI is InChI=1S/C35H34Cl2FN5O/c1-18-23-16-28(27-9-2-3-13-42(27)35(44)19-10-11-19)43(33-21-15-26(33)40-17-21)34(23)24-14-20(6-5-12-39)29(31(38)32(24)41-18)22-7-4-8-25(36)30(22)37/h4,7-8,14,16,19,21,26-27,33,40H,2-3,5-6,9-11,13,15,17H2,1H3. The van der Waals surface area contributed by atoms with Crippen LogP contribution in [0.15, 0.2) is 30.3 Å². The lowest BCUT2D eigenvalue weighted by Gasteiger charge is -2.42. The maximum atomic E-state index is 17.0. The Kier molecular flexibility index (Phi) is 6.90. The summed E-state index contributed by atoms with van der Waals surface area (Å²) in [5, 5.41) is 15.6. The van der Waals surface area contributed by atoms with Gasteiger partial charge in [-0.25, -0.2) is 9.37 Å². The summed E-state index contributed by atoms with van der Waals surface area (Å²) in [6, 6.07) is 12.3. The van der Waals surface area contributed by atoms with Crippen molar-refractivity contribution >= 4 is 50.9 Å². The van der Waals surface area contributed by atoms with E-state index in [2.05, 4.69) is 26.9 Å². The SMILES string of the molecule is Cc1nc2c(F)c(-c3cccc(Cl)c3Cl)c(CCC#N)cc2c2c1cc(C1CCCCN1C(=O)C1CC1)n2C1C2CNC1C2. The Morgan fingerprint density at radius 3 is 2.75 bits per heavy atom. The van der Waals surface area contributed by atoms with E-state index >= 15 is 4.39 Å². The minimum Gasteiger partial charge on any atom is -0.337 e. The van der Waals surface area contributed by atoms with Crippen molar-refractivity contribution in [2.45, 2.75) is 76.4 Å². The van der Waals surface area contributed by atoms with Gasteiger partial charge in [0.05, 0.1) is 33.7 Å². The van der Waals surface area contributed by atoms with Crippen LogP contribution in [0.2, 0.25) is 10.0 Å². The summed E-state index contributed by atoms with van der Waals surface area (Å²) in [7, 11) is 0. The Hall–Kier alpha value is -3.18. The van der Waals surface area contributed by atoms with Gasteiger partial charge in [0.2, 0.25) is 5.91 Å². The van der Waals surface area contributed by atoms with Crippen LogP contribution in [0, 0.1) is 35.9 Å². The van der Waals surface area contributed by atoms with E-state index in [4.69, 9.17) is 28.2 Å². The Bertz CT molecular complexity index is 1880. The average molecular weight is 631 g/mol. The highest BCUT2D eigenvalue weighted by Crippen LogP contribution is 2.51. The fourth-order valence-electron chi connectivity index (χ4n) is 8.17. The van der Waals surface area contributed by atoms with Crippen LogP contribution in [0.5, 0.6) is 0 Å². The van der Waals surface area contributed by atoms with E-state index < -0.39 is 5.82 Å². The van der Waals surface area contributed by atoms with Gasteiger partial charge in [0.1, 0.15) is 5.52 Å². The summed E-state index contributed by atoms with van der Waals surface area (Å²) in [5.74, 6) is 0.486. The lowest BCUT2D eigenvalue weighted by molar-refractivity contribution is -0.136. The predicted octanol–water partition coefficient (Wildman–Crippen LogP) is 8.06. The van der Waals surface area contributed by atoms with E-state index in [9.17, 15) is 10.1 Å². The zero-order chi connectivity index (χ0) is 30.3. The van der Waals surface area contributed by atoms with Crippen LogP contribution >= 0.6 is 23.2 Å². The molecule has 4 atom stereocenters. The number of amides is 1. The lowest BCUT2D eigenvalue weighted by Crippen LogP contribution is -2.43. The van der Waals surface area contributed by atoms with Crippen molar-refractivity contribution in [3.63, 3.8) is 0 Å². The first kappa shape index (κ1) is 28.3. The minimum absolute atomic E-state index is 0.00820. The molecule has 9 heteroatoms. The first-order valence-electron chi connectivity index (χ1n) is 15.9. The van der Waals surface area contributed by atoms with Gasteiger partial charge in [-0.1, -0.05) is 35.3 Å². The molecule has 6 nitrogen and oxygen atoms in total. The second-order valence-corrected chi connectivity index (χ2v) is 13.9. The molecule has 0 radical (unpaired) electrons. The molecule has 2 aliphatic carbocycles. The van der Waals surface area contributed by atoms with Crippen LogP contribution in [0.4, 0.5) is 4.39 Å². The van der Waals surface area contributed by atoms with Crippen molar-refractivity contribution in [3.05, 3.63) is 63.1 Å². The molecule has 5 aliphatic rings. The monoisotopic (exact) mass is 629 g/mol. The second-order valence-electron chi connectivity index (χ2n) is 13.1. The third-order valence-corrected chi connectivity index (χ3v) is 11.3. The molecule has 2 bridgehead atoms. The maximum absolute atomic E-state index is 17.0. The topological polar surface area (TPSA) is 74.0 Å². The normalized spacial score (nSPS) is 24.6. The summed E-state index contributed by atoms with van der Waals surface area (Å²) >= 11 is 13.0. The molecular formula is C35H34Cl2FN5O. The fourth-order valence-corrected chi connectivity index (χ4v) is 8.56. The van der Waals surface area contributed by atoms with E-state index in [0.717, 1.165) is 79.3 Å². The van der Waals surface area contributed by atoms with Crippen LogP contribution in [-0.4, -0.2) is 39.5 Å². The summed E-state index contributed by atoms with van der Waals surface area (Å²) in [6.45, 7) is 3.70. The van der Waals surface area contributed by atoms with Crippen LogP contribution in [0.3, 0.4) is 0 Å². The van der Waals surface area contributed by atoms with Crippen LogP contribution in [0.25, 0.3) is 32.9 Å². The van der Waals surface area contributed by atoms with Gasteiger partial charge in [0, 0.05) is 64.8 Å². The minimum atomic E-state index is -0.447. The number of hydrogen-bond acceptors (Lipinski definition) is 4. The average Bonchev–Trinajstić information content (AvgIpc) is 3.42. The number of hydrogen-bond donors (Lipinski definition) is 1. The first-order chi connectivity index (χ1) is 21.4. The van der Waals surface area contributed by atoms with E-state index in [-0.39, 0.29) is 35.4 Å². The predicted molar refractivity (Wildman–Crippen MR) is 171 cm³/mol. The van der Waals surface area contributed by atoms with Crippen molar-refractivity contribution < 1.29 is 9.18 Å². The van der Waals surface area contributed by atoms with Crippen LogP contribution in [-0.2, 0) is 11.2 Å². The van der Waals surface area contributed by atoms with Gasteiger partial charge in [-0.3, -0.25) is 4.79 Å². The summed E-state index contributed by atoms with van der Waals surface area (Å²) in [6.07, 6.45) is 6.73. The quantitative estimate of drug-likeness (QED) is 0.234. The number of benzene rings is 2. The molecule has 2 saturated carbocycles. The number of fused-ring (bicyclic) bond motifs is 4. The molecule has 226 valence electrons. The molecule has 4 aromatic rings. The number of aryl methyl sites for hydroxylation is 2. The van der Waals surface area contributed by atoms with Crippen molar-refractivity contribution in [2.24, 2.45) is 11.8 Å². The van der Waals surface area contributed by atoms with Gasteiger partial charge in [0.15, 0.2) is 5.82 Å². The van der Waals surface area contributed by atoms with Gasteiger partial charge in [-0.2, -0.15) is 5.26 Å². The van der Waals surface area contributed by atoms with E-state index in [0.29, 0.717) is 45.6 Å². The van der Waals surface area contributed by atoms with Crippen molar-refractivity contribution in [2.75, 3.05) is 13.1 Å². The van der Waals surface area contributed by atoms with Crippen molar-refractivity contribution in [1.82, 2.24) is 19.8 Å². The number of nitriles is 1. The number of carbonyl (C=O) groups excluding carboxylic acids is 1. The Balaban J connectivity index is 1.41. The third-order valence-electron chi connectivity index (χ3n) is 10.5. The van der Waals surface area contributed by atoms with E-state index in [1.807, 2.05) is 13.0 Å². The number of likely N-dealkylation sites (tertiary alicyclic amines) is 1. The molecule has 2 aromatic carbocycles. The van der Waals surface area contributed by atoms with Crippen LogP contribution in [0.1, 0.15) is 74.0 Å². The molecule has 4 unspecified atom stereocenters. The molecule has 1 N–H and O–H groups in total. The molecule has 2 aromatic heterocycles. The summed E-state index contributed by atoms with van der Waals surface area (Å²) in [4.78, 5) is 20.6. The summed E-state index contributed by atoms with van der Waals surface area (Å²) in [5.41, 5.74) is 4.74. The van der Waals surface area contributed by atoms with Gasteiger partial charge in [-0.05, 0) is 81.5 Å². The number of carbonyl (C=O) groups is 1. The lowest BCUT2D eigenvalue weighted by atomic mass is 9.79. The van der Waals surface area contributed by atoms with Gasteiger partial charge < -0.3 is 14.8 Å². The van der Waals surface area contributed by atoms with Crippen LogP contribution < -0.4 is 5.32 Å². The molecule has 3 saturated heterocycles. The Morgan fingerprint density at radius 2 is 2.02 bits per heavy atom. The molecule has 3 aliphatic heterocycles. The Morgan fingerprint density at radius 1 is 1.18 bits per heavy atom. The third kappa shape index (κ3) is 4.29. The molecule has 1 amide bonds. The highest BCUT2D eigenvalue weighted by atomic mass is 35.5. The van der Waals surface area contributed by atoms with Gasteiger partial charge >= 0.3 is 0 Å². The van der Waals surface area contributed by atoms with E-state index in [1.54, 1.807) is 18.2 Å². The van der Waals surface area contributed by atoms with Crippen molar-refractivity contribution in [1.29, 1.82) is 5.26 Å². The van der Waals surface area contributed by atoms with Crippen molar-refractivity contribution in [3.8, 4) is 17.2 Å². The number of piperidine rings is 1. The zero-order valence-corrected chi connectivity index (χ0v) is 26.2. The molecule has 5 heterocycles. The number of aromatic nitrogens is 2. The van der Waals surface area contributed by atoms with E-state index in [1.165, 1.54) is 0 Å². The number of rotatable bonds is 6. The molecular weight excluding hydrogens is 596 g/mol. The highest BCUT2D eigenvalue weighted by Gasteiger charge is 2.50. The first-order valence-corrected chi connectivity index (χ1v) is 16.6. The number of nitrogens with zero attached hydrogens (tertiary/aromatic N) is 4.